The van der Waals surface area contributed by atoms with Crippen LogP contribution in [-0.4, -0.2) is 18.7 Å². The van der Waals surface area contributed by atoms with Gasteiger partial charge < -0.3 is 4.90 Å². The normalized spacial score (nSPS) is 24.3. The van der Waals surface area contributed by atoms with Crippen LogP contribution in [0.3, 0.4) is 0 Å². The third kappa shape index (κ3) is 2.74. The first-order valence-corrected chi connectivity index (χ1v) is 10.0. The molecule has 1 nitrogen and oxygen atoms in total. The molecule has 0 amide bonds. The molecule has 0 bridgehead atoms. The molecular weight excluding hydrogens is 273 g/mol. The Morgan fingerprint density at radius 3 is 2.48 bits per heavy atom. The van der Waals surface area contributed by atoms with Gasteiger partial charge in [0, 0.05) is 17.8 Å². The molecule has 1 aromatic rings. The average Bonchev–Trinajstić information content (AvgIpc) is 2.69. The van der Waals surface area contributed by atoms with Crippen molar-refractivity contribution >= 4 is 19.6 Å². The summed E-state index contributed by atoms with van der Waals surface area (Å²) in [4.78, 5) is 2.76. The molecule has 1 aliphatic heterocycles. The molecule has 3 rings (SSSR count). The zero-order valence-electron chi connectivity index (χ0n) is 14.1. The van der Waals surface area contributed by atoms with Gasteiger partial charge in [0.2, 0.25) is 0 Å². The highest BCUT2D eigenvalue weighted by atomic mass is 31.1. The van der Waals surface area contributed by atoms with Gasteiger partial charge in [-0.15, -0.1) is 0 Å². The van der Waals surface area contributed by atoms with E-state index < -0.39 is 0 Å². The molecule has 1 aromatic carbocycles. The van der Waals surface area contributed by atoms with E-state index in [2.05, 4.69) is 50.5 Å². The van der Waals surface area contributed by atoms with Crippen LogP contribution < -0.4 is 10.2 Å². The first-order valence-electron chi connectivity index (χ1n) is 8.53. The largest absolute Gasteiger partial charge is 0.365 e. The van der Waals surface area contributed by atoms with Crippen molar-refractivity contribution in [2.45, 2.75) is 64.8 Å². The second kappa shape index (κ2) is 5.58. The quantitative estimate of drug-likeness (QED) is 0.705. The van der Waals surface area contributed by atoms with E-state index in [1.54, 1.807) is 11.0 Å². The van der Waals surface area contributed by atoms with Crippen molar-refractivity contribution in [1.82, 2.24) is 0 Å². The maximum atomic E-state index is 2.76. The molecule has 21 heavy (non-hydrogen) atoms. The molecule has 1 unspecified atom stereocenters. The molecule has 1 atom stereocenters. The Morgan fingerprint density at radius 1 is 1.10 bits per heavy atom. The summed E-state index contributed by atoms with van der Waals surface area (Å²) < 4.78 is 0. The summed E-state index contributed by atoms with van der Waals surface area (Å²) in [7, 11) is 0.884. The van der Waals surface area contributed by atoms with E-state index in [4.69, 9.17) is 0 Å². The van der Waals surface area contributed by atoms with Crippen molar-refractivity contribution in [2.24, 2.45) is 5.41 Å². The van der Waals surface area contributed by atoms with E-state index in [1.807, 2.05) is 0 Å². The Labute approximate surface area is 132 Å². The van der Waals surface area contributed by atoms with Crippen molar-refractivity contribution in [3.63, 3.8) is 0 Å². The van der Waals surface area contributed by atoms with Crippen molar-refractivity contribution in [1.29, 1.82) is 0 Å². The highest BCUT2D eigenvalue weighted by Crippen LogP contribution is 2.51. The summed E-state index contributed by atoms with van der Waals surface area (Å²) >= 11 is 0. The van der Waals surface area contributed by atoms with Crippen LogP contribution in [0.15, 0.2) is 18.2 Å². The lowest BCUT2D eigenvalue weighted by Gasteiger charge is -2.36. The maximum Gasteiger partial charge on any atom is 0.0475 e. The molecule has 0 radical (unpaired) electrons. The molecule has 2 fully saturated rings. The third-order valence-electron chi connectivity index (χ3n) is 5.72. The molecule has 116 valence electrons. The van der Waals surface area contributed by atoms with Crippen molar-refractivity contribution in [3.8, 4) is 0 Å². The lowest BCUT2D eigenvalue weighted by Crippen LogP contribution is -2.40. The van der Waals surface area contributed by atoms with E-state index >= 15 is 0 Å². The summed E-state index contributed by atoms with van der Waals surface area (Å²) in [6, 6.07) is 6.85. The fourth-order valence-electron chi connectivity index (χ4n) is 4.86. The predicted octanol–water partition coefficient (Wildman–Crippen LogP) is 4.87. The fourth-order valence-corrected chi connectivity index (χ4v) is 5.69. The Balaban J connectivity index is 1.98. The Morgan fingerprint density at radius 2 is 1.81 bits per heavy atom. The second-order valence-electron chi connectivity index (χ2n) is 7.86. The second-order valence-corrected chi connectivity index (χ2v) is 8.90. The molecule has 0 N–H and O–H groups in total. The third-order valence-corrected chi connectivity index (χ3v) is 6.67. The molecule has 0 aromatic heterocycles. The summed E-state index contributed by atoms with van der Waals surface area (Å²) in [5, 5.41) is 1.55. The van der Waals surface area contributed by atoms with Gasteiger partial charge in [-0.2, -0.15) is 0 Å². The van der Waals surface area contributed by atoms with Crippen LogP contribution in [0, 0.1) is 12.3 Å². The van der Waals surface area contributed by atoms with Crippen LogP contribution in [0.2, 0.25) is 0 Å². The Hall–Kier alpha value is -0.550. The standard InChI is InChI=1S/C19H30NP/c1-15-9-8-10-16(21-4)17(15)20-14-19(13-18(20,2)3)11-6-5-7-12-19/h8-10,21H,5-7,11-14H2,1-4H3. The van der Waals surface area contributed by atoms with Crippen molar-refractivity contribution in [2.75, 3.05) is 18.1 Å². The van der Waals surface area contributed by atoms with Gasteiger partial charge in [0.1, 0.15) is 0 Å². The molecular formula is C19H30NP. The molecule has 1 saturated heterocycles. The minimum atomic E-state index is 0.303. The summed E-state index contributed by atoms with van der Waals surface area (Å²) in [6.45, 7) is 10.8. The minimum Gasteiger partial charge on any atom is -0.365 e. The molecule has 2 heteroatoms. The highest BCUT2D eigenvalue weighted by Gasteiger charge is 2.48. The highest BCUT2D eigenvalue weighted by molar-refractivity contribution is 7.46. The van der Waals surface area contributed by atoms with Crippen LogP contribution in [0.4, 0.5) is 5.69 Å². The van der Waals surface area contributed by atoms with Crippen LogP contribution >= 0.6 is 8.58 Å². The Bertz CT molecular complexity index is 514. The lowest BCUT2D eigenvalue weighted by molar-refractivity contribution is 0.204. The summed E-state index contributed by atoms with van der Waals surface area (Å²) in [5.41, 5.74) is 3.91. The van der Waals surface area contributed by atoms with E-state index in [0.29, 0.717) is 11.0 Å². The van der Waals surface area contributed by atoms with Gasteiger partial charge in [0.15, 0.2) is 0 Å². The van der Waals surface area contributed by atoms with Crippen LogP contribution in [0.5, 0.6) is 0 Å². The maximum absolute atomic E-state index is 2.76. The van der Waals surface area contributed by atoms with E-state index in [1.165, 1.54) is 50.6 Å². The zero-order valence-corrected chi connectivity index (χ0v) is 15.1. The zero-order chi connectivity index (χ0) is 15.1. The summed E-state index contributed by atoms with van der Waals surface area (Å²) in [6.07, 6.45) is 8.61. The smallest absolute Gasteiger partial charge is 0.0475 e. The number of hydrogen-bond donors (Lipinski definition) is 0. The summed E-state index contributed by atoms with van der Waals surface area (Å²) in [5.74, 6) is 0. The van der Waals surface area contributed by atoms with Gasteiger partial charge in [0.25, 0.3) is 0 Å². The van der Waals surface area contributed by atoms with Gasteiger partial charge in [-0.1, -0.05) is 46.0 Å². The van der Waals surface area contributed by atoms with Gasteiger partial charge >= 0.3 is 0 Å². The minimum absolute atomic E-state index is 0.303. The number of aryl methyl sites for hydroxylation is 1. The average molecular weight is 303 g/mol. The van der Waals surface area contributed by atoms with Crippen LogP contribution in [0.25, 0.3) is 0 Å². The van der Waals surface area contributed by atoms with Crippen molar-refractivity contribution in [3.05, 3.63) is 23.8 Å². The molecule has 1 aliphatic carbocycles. The first-order chi connectivity index (χ1) is 9.97. The molecule has 1 heterocycles. The predicted molar refractivity (Wildman–Crippen MR) is 96.6 cm³/mol. The molecule has 1 spiro atoms. The van der Waals surface area contributed by atoms with Gasteiger partial charge in [-0.05, 0) is 63.0 Å². The van der Waals surface area contributed by atoms with Crippen LogP contribution in [-0.2, 0) is 0 Å². The topological polar surface area (TPSA) is 3.24 Å². The SMILES string of the molecule is CPc1cccc(C)c1N1CC2(CCCCC2)CC1(C)C. The monoisotopic (exact) mass is 303 g/mol. The number of anilines is 1. The number of hydrogen-bond acceptors (Lipinski definition) is 1. The van der Waals surface area contributed by atoms with Crippen LogP contribution in [0.1, 0.15) is 57.9 Å². The number of para-hydroxylation sites is 1. The number of benzene rings is 1. The Kier molecular flexibility index (Phi) is 4.08. The van der Waals surface area contributed by atoms with Gasteiger partial charge in [-0.3, -0.25) is 0 Å². The number of nitrogens with zero attached hydrogens (tertiary/aromatic N) is 1. The lowest BCUT2D eigenvalue weighted by atomic mass is 9.71. The van der Waals surface area contributed by atoms with Crippen molar-refractivity contribution < 1.29 is 0 Å². The van der Waals surface area contributed by atoms with E-state index in [-0.39, 0.29) is 0 Å². The van der Waals surface area contributed by atoms with E-state index in [9.17, 15) is 0 Å². The fraction of sp³-hybridized carbons (Fsp3) is 0.684. The molecule has 2 aliphatic rings. The van der Waals surface area contributed by atoms with Gasteiger partial charge in [0.05, 0.1) is 0 Å². The first kappa shape index (κ1) is 15.3. The molecule has 1 saturated carbocycles. The van der Waals surface area contributed by atoms with E-state index in [0.717, 1.165) is 8.58 Å². The van der Waals surface area contributed by atoms with Gasteiger partial charge in [-0.25, -0.2) is 0 Å². The number of rotatable bonds is 2.